The molecular formula is C5H13NSi2. The molecule has 0 spiro atoms. The average molecular weight is 143 g/mol. The molecule has 1 atom stereocenters. The van der Waals surface area contributed by atoms with Gasteiger partial charge in [0.25, 0.3) is 0 Å². The van der Waals surface area contributed by atoms with Crippen LogP contribution in [-0.2, 0) is 0 Å². The van der Waals surface area contributed by atoms with Crippen molar-refractivity contribution in [2.75, 3.05) is 14.1 Å². The molecule has 0 N–H and O–H groups in total. The molecule has 0 aromatic heterocycles. The van der Waals surface area contributed by atoms with E-state index in [1.165, 1.54) is 0 Å². The van der Waals surface area contributed by atoms with E-state index in [0.717, 1.165) is 0 Å². The molecular weight excluding hydrogens is 130 g/mol. The maximum atomic E-state index is 3.59. The van der Waals surface area contributed by atoms with Gasteiger partial charge in [-0.25, -0.2) is 0 Å². The highest BCUT2D eigenvalue weighted by molar-refractivity contribution is 6.63. The highest BCUT2D eigenvalue weighted by Gasteiger charge is 2.10. The smallest absolute Gasteiger partial charge is 0.132 e. The Morgan fingerprint density at radius 3 is 1.88 bits per heavy atom. The van der Waals surface area contributed by atoms with Crippen molar-refractivity contribution in [3.05, 3.63) is 0 Å². The van der Waals surface area contributed by atoms with Crippen molar-refractivity contribution >= 4 is 19.2 Å². The largest absolute Gasteiger partial charge is 0.330 e. The van der Waals surface area contributed by atoms with Gasteiger partial charge >= 0.3 is 0 Å². The first-order valence-electron chi connectivity index (χ1n) is 2.77. The van der Waals surface area contributed by atoms with E-state index < -0.39 is 0 Å². The van der Waals surface area contributed by atoms with E-state index >= 15 is 0 Å². The fourth-order valence-electron chi connectivity index (χ4n) is 0.387. The second-order valence-corrected chi connectivity index (χ2v) is 6.74. The summed E-state index contributed by atoms with van der Waals surface area (Å²) in [6.07, 6.45) is 0. The SMILES string of the molecule is CC([Si])[Si](C)N(C)C. The lowest BCUT2D eigenvalue weighted by molar-refractivity contribution is 0.637. The summed E-state index contributed by atoms with van der Waals surface area (Å²) in [6.45, 7) is 4.49. The van der Waals surface area contributed by atoms with Gasteiger partial charge in [-0.2, -0.15) is 0 Å². The summed E-state index contributed by atoms with van der Waals surface area (Å²) in [7, 11) is 7.57. The Labute approximate surface area is 57.2 Å². The maximum Gasteiger partial charge on any atom is 0.132 e. The summed E-state index contributed by atoms with van der Waals surface area (Å²) in [6, 6.07) is 0. The van der Waals surface area contributed by atoms with Gasteiger partial charge < -0.3 is 4.57 Å². The van der Waals surface area contributed by atoms with Gasteiger partial charge in [0, 0.05) is 10.2 Å². The first kappa shape index (κ1) is 8.39. The van der Waals surface area contributed by atoms with Gasteiger partial charge in [-0.05, 0) is 19.3 Å². The topological polar surface area (TPSA) is 3.24 Å². The lowest BCUT2D eigenvalue weighted by Crippen LogP contribution is -2.33. The van der Waals surface area contributed by atoms with E-state index in [4.69, 9.17) is 0 Å². The molecule has 0 aromatic carbocycles. The van der Waals surface area contributed by atoms with E-state index in [1.54, 1.807) is 0 Å². The van der Waals surface area contributed by atoms with Gasteiger partial charge in [-0.3, -0.25) is 0 Å². The summed E-state index contributed by atoms with van der Waals surface area (Å²) < 4.78 is 2.29. The normalized spacial score (nSPS) is 15.4. The summed E-state index contributed by atoms with van der Waals surface area (Å²) in [5, 5.41) is 0.676. The molecule has 3 heteroatoms. The van der Waals surface area contributed by atoms with Crippen molar-refractivity contribution < 1.29 is 0 Å². The van der Waals surface area contributed by atoms with Crippen molar-refractivity contribution in [1.29, 1.82) is 0 Å². The van der Waals surface area contributed by atoms with Crippen molar-refractivity contribution in [2.45, 2.75) is 18.6 Å². The molecule has 0 heterocycles. The van der Waals surface area contributed by atoms with E-state index in [1.807, 2.05) is 0 Å². The lowest BCUT2D eigenvalue weighted by atomic mass is 10.9. The zero-order valence-electron chi connectivity index (χ0n) is 6.02. The molecule has 1 nitrogen and oxygen atoms in total. The zero-order valence-corrected chi connectivity index (χ0v) is 8.02. The molecule has 46 valence electrons. The van der Waals surface area contributed by atoms with Crippen molar-refractivity contribution in [1.82, 2.24) is 4.57 Å². The number of nitrogens with zero attached hydrogens (tertiary/aromatic N) is 1. The average Bonchev–Trinajstić information content (AvgIpc) is 1.64. The van der Waals surface area contributed by atoms with Crippen LogP contribution in [0.3, 0.4) is 0 Å². The quantitative estimate of drug-likeness (QED) is 0.514. The second-order valence-electron chi connectivity index (χ2n) is 2.26. The molecule has 0 aliphatic carbocycles. The van der Waals surface area contributed by atoms with Crippen LogP contribution in [0.15, 0.2) is 0 Å². The minimum Gasteiger partial charge on any atom is -0.330 e. The summed E-state index contributed by atoms with van der Waals surface area (Å²) in [4.78, 5) is 0. The highest BCUT2D eigenvalue weighted by atomic mass is 28.3. The van der Waals surface area contributed by atoms with Crippen LogP contribution in [0.4, 0.5) is 0 Å². The number of rotatable bonds is 2. The second kappa shape index (κ2) is 3.43. The van der Waals surface area contributed by atoms with Crippen LogP contribution in [0.5, 0.6) is 0 Å². The minimum absolute atomic E-state index is 0.277. The van der Waals surface area contributed by atoms with Gasteiger partial charge in [0.1, 0.15) is 8.96 Å². The Hall–Kier alpha value is 0.394. The van der Waals surface area contributed by atoms with E-state index in [9.17, 15) is 0 Å². The molecule has 4 radical (unpaired) electrons. The third kappa shape index (κ3) is 2.64. The Balaban J connectivity index is 3.46. The third-order valence-electron chi connectivity index (χ3n) is 1.33. The number of hydrogen-bond donors (Lipinski definition) is 0. The van der Waals surface area contributed by atoms with Gasteiger partial charge in [-0.1, -0.05) is 13.5 Å². The van der Waals surface area contributed by atoms with E-state index in [0.29, 0.717) is 5.16 Å². The Morgan fingerprint density at radius 2 is 1.88 bits per heavy atom. The van der Waals surface area contributed by atoms with Crippen LogP contribution >= 0.6 is 0 Å². The molecule has 0 aliphatic heterocycles. The van der Waals surface area contributed by atoms with E-state index in [-0.39, 0.29) is 8.96 Å². The van der Waals surface area contributed by atoms with Crippen molar-refractivity contribution in [3.8, 4) is 0 Å². The van der Waals surface area contributed by atoms with Gasteiger partial charge in [0.05, 0.1) is 0 Å². The number of hydrogen-bond acceptors (Lipinski definition) is 1. The van der Waals surface area contributed by atoms with Crippen LogP contribution in [0.25, 0.3) is 0 Å². The molecule has 0 rings (SSSR count). The molecule has 0 fully saturated rings. The van der Waals surface area contributed by atoms with Gasteiger partial charge in [-0.15, -0.1) is 0 Å². The molecule has 0 bridgehead atoms. The van der Waals surface area contributed by atoms with Crippen molar-refractivity contribution in [2.24, 2.45) is 0 Å². The molecule has 0 amide bonds. The Bertz CT molecular complexity index is 55.4. The maximum absolute atomic E-state index is 3.59. The molecule has 8 heavy (non-hydrogen) atoms. The summed E-state index contributed by atoms with van der Waals surface area (Å²) in [5.74, 6) is 0. The van der Waals surface area contributed by atoms with Crippen LogP contribution in [-0.4, -0.2) is 37.9 Å². The fourth-order valence-corrected chi connectivity index (χ4v) is 1.94. The fraction of sp³-hybridized carbons (Fsp3) is 1.00. The first-order chi connectivity index (χ1) is 3.55. The van der Waals surface area contributed by atoms with Crippen LogP contribution < -0.4 is 0 Å². The highest BCUT2D eigenvalue weighted by Crippen LogP contribution is 2.03. The summed E-state index contributed by atoms with van der Waals surface area (Å²) in [5.41, 5.74) is 0. The van der Waals surface area contributed by atoms with Gasteiger partial charge in [0.15, 0.2) is 0 Å². The predicted octanol–water partition coefficient (Wildman–Crippen LogP) is 0.685. The monoisotopic (exact) mass is 143 g/mol. The van der Waals surface area contributed by atoms with Crippen LogP contribution in [0.1, 0.15) is 6.92 Å². The molecule has 0 saturated carbocycles. The molecule has 0 saturated heterocycles. The van der Waals surface area contributed by atoms with E-state index in [2.05, 4.69) is 42.4 Å². The minimum atomic E-state index is -0.277. The molecule has 1 unspecified atom stereocenters. The predicted molar refractivity (Wildman–Crippen MR) is 40.5 cm³/mol. The Kier molecular flexibility index (Phi) is 3.59. The lowest BCUT2D eigenvalue weighted by Gasteiger charge is -2.20. The standard InChI is InChI=1S/C5H13NSi2/c1-5(7)8(4)6(2)3/h5H,1-4H3. The zero-order chi connectivity index (χ0) is 6.73. The third-order valence-corrected chi connectivity index (χ3v) is 5.25. The van der Waals surface area contributed by atoms with Crippen molar-refractivity contribution in [3.63, 3.8) is 0 Å². The summed E-state index contributed by atoms with van der Waals surface area (Å²) >= 11 is 0. The molecule has 0 aromatic rings. The molecule has 0 aliphatic rings. The first-order valence-corrected chi connectivity index (χ1v) is 5.37. The van der Waals surface area contributed by atoms with Crippen LogP contribution in [0, 0.1) is 0 Å². The van der Waals surface area contributed by atoms with Gasteiger partial charge in [0.2, 0.25) is 0 Å². The van der Waals surface area contributed by atoms with Crippen LogP contribution in [0.2, 0.25) is 11.7 Å². The Morgan fingerprint density at radius 1 is 1.50 bits per heavy atom.